The van der Waals surface area contributed by atoms with Gasteiger partial charge < -0.3 is 9.64 Å². The van der Waals surface area contributed by atoms with E-state index >= 15 is 0 Å². The predicted octanol–water partition coefficient (Wildman–Crippen LogP) is 2.36. The molecule has 1 N–H and O–H groups in total. The van der Waals surface area contributed by atoms with Crippen molar-refractivity contribution in [1.29, 1.82) is 0 Å². The lowest BCUT2D eigenvalue weighted by Gasteiger charge is -2.30. The van der Waals surface area contributed by atoms with Gasteiger partial charge >= 0.3 is 0 Å². The number of likely N-dealkylation sites (tertiary alicyclic amines) is 1. The summed E-state index contributed by atoms with van der Waals surface area (Å²) in [7, 11) is 3.23. The van der Waals surface area contributed by atoms with Crippen LogP contribution in [0.5, 0.6) is 0 Å². The Morgan fingerprint density at radius 3 is 2.75 bits per heavy atom. The van der Waals surface area contributed by atoms with Gasteiger partial charge in [0, 0.05) is 27.0 Å². The minimum Gasteiger partial charge on any atom is -0.383 e. The van der Waals surface area contributed by atoms with Crippen LogP contribution in [0.3, 0.4) is 0 Å². The van der Waals surface area contributed by atoms with Gasteiger partial charge in [0.25, 0.3) is 0 Å². The fourth-order valence-electron chi connectivity index (χ4n) is 4.37. The molecule has 32 heavy (non-hydrogen) atoms. The van der Waals surface area contributed by atoms with Crippen LogP contribution >= 0.6 is 0 Å². The highest BCUT2D eigenvalue weighted by Crippen LogP contribution is 2.41. The molecule has 8 nitrogen and oxygen atoms in total. The highest BCUT2D eigenvalue weighted by molar-refractivity contribution is 6.10. The molecule has 172 valence electrons. The summed E-state index contributed by atoms with van der Waals surface area (Å²) in [6, 6.07) is 9.44. The van der Waals surface area contributed by atoms with Gasteiger partial charge in [0.1, 0.15) is 0 Å². The maximum atomic E-state index is 13.6. The molecule has 1 unspecified atom stereocenters. The number of ether oxygens (including phenoxy) is 1. The maximum absolute atomic E-state index is 13.6. The molecule has 1 aromatic heterocycles. The number of benzene rings is 1. The van der Waals surface area contributed by atoms with Gasteiger partial charge in [-0.05, 0) is 30.5 Å². The van der Waals surface area contributed by atoms with E-state index in [2.05, 4.69) is 17.1 Å². The minimum absolute atomic E-state index is 0.0231. The van der Waals surface area contributed by atoms with E-state index in [-0.39, 0.29) is 43.7 Å². The number of amides is 3. The highest BCUT2D eigenvalue weighted by atomic mass is 16.5. The molecule has 1 saturated heterocycles. The van der Waals surface area contributed by atoms with Crippen LogP contribution in [0.2, 0.25) is 0 Å². The zero-order valence-electron chi connectivity index (χ0n) is 19.3. The largest absolute Gasteiger partial charge is 0.383 e. The van der Waals surface area contributed by atoms with E-state index in [0.29, 0.717) is 6.54 Å². The van der Waals surface area contributed by atoms with E-state index in [4.69, 9.17) is 4.74 Å². The van der Waals surface area contributed by atoms with Gasteiger partial charge in [0.15, 0.2) is 0 Å². The van der Waals surface area contributed by atoms with Gasteiger partial charge in [-0.15, -0.1) is 0 Å². The number of aryl methyl sites for hydroxylation is 2. The standard InChI is InChI=1S/C24H32N4O4/c1-5-8-18-13-19(26-25-18)16-27(3)21(29)14-24(20-10-7-6-9-17(20)2)15-22(30)28(23(24)31)11-12-32-4/h6-7,9-10,13H,5,8,11-12,14-16H2,1-4H3,(H,25,26). The molecule has 1 aliphatic rings. The number of H-pyrrole nitrogens is 1. The molecule has 0 bridgehead atoms. The van der Waals surface area contributed by atoms with Gasteiger partial charge in [-0.1, -0.05) is 37.6 Å². The van der Waals surface area contributed by atoms with Gasteiger partial charge in [-0.2, -0.15) is 5.10 Å². The molecule has 1 aromatic carbocycles. The fourth-order valence-corrected chi connectivity index (χ4v) is 4.37. The Bertz CT molecular complexity index is 986. The summed E-state index contributed by atoms with van der Waals surface area (Å²) in [5, 5.41) is 7.25. The van der Waals surface area contributed by atoms with Crippen LogP contribution in [0.1, 0.15) is 48.7 Å². The number of carbonyl (C=O) groups is 3. The van der Waals surface area contributed by atoms with Crippen LogP contribution in [0.25, 0.3) is 0 Å². The lowest BCUT2D eigenvalue weighted by Crippen LogP contribution is -2.43. The number of hydrogen-bond acceptors (Lipinski definition) is 5. The molecule has 0 aliphatic carbocycles. The zero-order chi connectivity index (χ0) is 23.3. The van der Waals surface area contributed by atoms with Gasteiger partial charge in [-0.25, -0.2) is 0 Å². The molecule has 1 fully saturated rings. The quantitative estimate of drug-likeness (QED) is 0.572. The Morgan fingerprint density at radius 1 is 1.31 bits per heavy atom. The molecule has 2 aromatic rings. The molecule has 2 heterocycles. The average Bonchev–Trinajstić information content (AvgIpc) is 3.29. The van der Waals surface area contributed by atoms with Crippen molar-refractivity contribution in [3.8, 4) is 0 Å². The summed E-state index contributed by atoms with van der Waals surface area (Å²) < 4.78 is 5.07. The second-order valence-corrected chi connectivity index (χ2v) is 8.48. The molecule has 8 heteroatoms. The second-order valence-electron chi connectivity index (χ2n) is 8.48. The monoisotopic (exact) mass is 440 g/mol. The third kappa shape index (κ3) is 4.75. The van der Waals surface area contributed by atoms with E-state index in [9.17, 15) is 14.4 Å². The van der Waals surface area contributed by atoms with Crippen molar-refractivity contribution >= 4 is 17.7 Å². The van der Waals surface area contributed by atoms with Crippen molar-refractivity contribution in [2.75, 3.05) is 27.3 Å². The number of hydrogen-bond donors (Lipinski definition) is 1. The van der Waals surface area contributed by atoms with Crippen molar-refractivity contribution in [3.05, 3.63) is 52.8 Å². The maximum Gasteiger partial charge on any atom is 0.240 e. The Hall–Kier alpha value is -3.00. The molecule has 0 spiro atoms. The van der Waals surface area contributed by atoms with Crippen molar-refractivity contribution in [1.82, 2.24) is 20.0 Å². The number of aromatic nitrogens is 2. The fraction of sp³-hybridized carbons (Fsp3) is 0.500. The van der Waals surface area contributed by atoms with Crippen LogP contribution in [-0.2, 0) is 37.5 Å². The van der Waals surface area contributed by atoms with Gasteiger partial charge in [0.05, 0.1) is 36.5 Å². The third-order valence-electron chi connectivity index (χ3n) is 6.06. The van der Waals surface area contributed by atoms with E-state index < -0.39 is 5.41 Å². The summed E-state index contributed by atoms with van der Waals surface area (Å²) >= 11 is 0. The van der Waals surface area contributed by atoms with Crippen LogP contribution in [0.4, 0.5) is 0 Å². The number of imide groups is 1. The Kier molecular flexibility index (Phi) is 7.45. The highest BCUT2D eigenvalue weighted by Gasteiger charge is 2.54. The molecule has 3 amide bonds. The van der Waals surface area contributed by atoms with Crippen LogP contribution in [0, 0.1) is 6.92 Å². The SMILES string of the molecule is CCCc1cc(CN(C)C(=O)CC2(c3ccccc3C)CC(=O)N(CCOC)C2=O)[nH]n1. The van der Waals surface area contributed by atoms with E-state index in [0.717, 1.165) is 35.4 Å². The summed E-state index contributed by atoms with van der Waals surface area (Å²) in [4.78, 5) is 42.5. The number of nitrogens with zero attached hydrogens (tertiary/aromatic N) is 3. The lowest BCUT2D eigenvalue weighted by atomic mass is 9.74. The second kappa shape index (κ2) is 10.1. The number of methoxy groups -OCH3 is 1. The topological polar surface area (TPSA) is 95.6 Å². The normalized spacial score (nSPS) is 18.4. The van der Waals surface area contributed by atoms with Crippen molar-refractivity contribution in [3.63, 3.8) is 0 Å². The molecule has 0 radical (unpaired) electrons. The first-order valence-electron chi connectivity index (χ1n) is 11.0. The predicted molar refractivity (Wildman–Crippen MR) is 120 cm³/mol. The minimum atomic E-state index is -1.21. The molecule has 1 aliphatic heterocycles. The van der Waals surface area contributed by atoms with E-state index in [1.807, 2.05) is 37.3 Å². The zero-order valence-corrected chi connectivity index (χ0v) is 19.3. The first kappa shape index (κ1) is 23.7. The van der Waals surface area contributed by atoms with Crippen molar-refractivity contribution in [2.45, 2.75) is 51.5 Å². The van der Waals surface area contributed by atoms with Gasteiger partial charge in [-0.3, -0.25) is 24.4 Å². The Labute approximate surface area is 188 Å². The third-order valence-corrected chi connectivity index (χ3v) is 6.06. The first-order valence-corrected chi connectivity index (χ1v) is 11.0. The first-order chi connectivity index (χ1) is 15.3. The summed E-state index contributed by atoms with van der Waals surface area (Å²) in [5.41, 5.74) is 2.21. The Balaban J connectivity index is 1.86. The van der Waals surface area contributed by atoms with Crippen molar-refractivity contribution < 1.29 is 19.1 Å². The number of carbonyl (C=O) groups excluding carboxylic acids is 3. The molecule has 0 saturated carbocycles. The van der Waals surface area contributed by atoms with Crippen LogP contribution < -0.4 is 0 Å². The lowest BCUT2D eigenvalue weighted by molar-refractivity contribution is -0.143. The number of nitrogens with one attached hydrogen (secondary N) is 1. The molecule has 1 atom stereocenters. The van der Waals surface area contributed by atoms with E-state index in [1.165, 1.54) is 12.0 Å². The van der Waals surface area contributed by atoms with Gasteiger partial charge in [0.2, 0.25) is 17.7 Å². The number of aromatic amines is 1. The summed E-state index contributed by atoms with van der Waals surface area (Å²) in [5.74, 6) is -0.805. The summed E-state index contributed by atoms with van der Waals surface area (Å²) in [6.45, 7) is 4.79. The smallest absolute Gasteiger partial charge is 0.240 e. The Morgan fingerprint density at radius 2 is 2.06 bits per heavy atom. The van der Waals surface area contributed by atoms with Crippen molar-refractivity contribution in [2.24, 2.45) is 0 Å². The summed E-state index contributed by atoms with van der Waals surface area (Å²) in [6.07, 6.45) is 1.77. The van der Waals surface area contributed by atoms with E-state index in [1.54, 1.807) is 11.9 Å². The number of rotatable bonds is 10. The average molecular weight is 441 g/mol. The van der Waals surface area contributed by atoms with Crippen LogP contribution in [0.15, 0.2) is 30.3 Å². The molecule has 3 rings (SSSR count). The van der Waals surface area contributed by atoms with Crippen LogP contribution in [-0.4, -0.2) is 65.0 Å². The molecular formula is C24H32N4O4. The molecular weight excluding hydrogens is 408 g/mol.